The highest BCUT2D eigenvalue weighted by Gasteiger charge is 2.43. The third kappa shape index (κ3) is 6.47. The van der Waals surface area contributed by atoms with Crippen LogP contribution < -0.4 is 5.43 Å². The number of hydrogen-bond acceptors (Lipinski definition) is 6. The minimum atomic E-state index is -0.873. The summed E-state index contributed by atoms with van der Waals surface area (Å²) < 4.78 is 0. The number of hydrazine groups is 1. The fourth-order valence-electron chi connectivity index (χ4n) is 4.69. The van der Waals surface area contributed by atoms with Gasteiger partial charge >= 0.3 is 0 Å². The van der Waals surface area contributed by atoms with Gasteiger partial charge in [0.2, 0.25) is 0 Å². The summed E-state index contributed by atoms with van der Waals surface area (Å²) in [5.41, 5.74) is 8.15. The highest BCUT2D eigenvalue weighted by Crippen LogP contribution is 2.44. The van der Waals surface area contributed by atoms with Gasteiger partial charge in [-0.25, -0.2) is 0 Å². The van der Waals surface area contributed by atoms with E-state index in [2.05, 4.69) is 51.3 Å². The van der Waals surface area contributed by atoms with Gasteiger partial charge in [0.1, 0.15) is 5.75 Å². The number of hydroxylamine groups is 1. The van der Waals surface area contributed by atoms with Gasteiger partial charge in [0.25, 0.3) is 0 Å². The van der Waals surface area contributed by atoms with E-state index in [-0.39, 0.29) is 18.1 Å². The number of nitrogens with one attached hydrogen (secondary N) is 1. The Hall–Kier alpha value is -2.67. The van der Waals surface area contributed by atoms with Crippen LogP contribution in [-0.2, 0) is 4.79 Å². The molecule has 0 saturated carbocycles. The van der Waals surface area contributed by atoms with E-state index in [0.717, 1.165) is 30.9 Å². The van der Waals surface area contributed by atoms with Gasteiger partial charge in [0.05, 0.1) is 24.3 Å². The van der Waals surface area contributed by atoms with Crippen LogP contribution in [-0.4, -0.2) is 39.0 Å². The molecule has 3 rings (SSSR count). The summed E-state index contributed by atoms with van der Waals surface area (Å²) in [6.45, 7) is 8.55. The van der Waals surface area contributed by atoms with E-state index in [1.54, 1.807) is 18.2 Å². The smallest absolute Gasteiger partial charge is 0.166 e. The van der Waals surface area contributed by atoms with Crippen molar-refractivity contribution < 1.29 is 20.2 Å². The lowest BCUT2D eigenvalue weighted by Crippen LogP contribution is -2.41. The molecule has 0 amide bonds. The van der Waals surface area contributed by atoms with Crippen LogP contribution in [0.3, 0.4) is 0 Å². The number of Topliss-reactive ketones (excluding diaryl/α,β-unsaturated/α-hetero) is 1. The number of carbonyl (C=O) groups excluding carboxylic acids is 1. The van der Waals surface area contributed by atoms with Crippen molar-refractivity contribution >= 4 is 11.5 Å². The number of anilines is 1. The van der Waals surface area contributed by atoms with E-state index in [1.165, 1.54) is 22.8 Å². The zero-order valence-corrected chi connectivity index (χ0v) is 20.7. The van der Waals surface area contributed by atoms with E-state index in [1.807, 2.05) is 0 Å². The Kier molecular flexibility index (Phi) is 8.89. The summed E-state index contributed by atoms with van der Waals surface area (Å²) in [5.74, 6) is -1.27. The number of hydrogen-bond donors (Lipinski definition) is 4. The van der Waals surface area contributed by atoms with Crippen molar-refractivity contribution in [3.63, 3.8) is 0 Å². The second-order valence-corrected chi connectivity index (χ2v) is 9.79. The molecule has 1 aliphatic heterocycles. The molecule has 184 valence electrons. The predicted octanol–water partition coefficient (Wildman–Crippen LogP) is 5.80. The molecule has 4 N–H and O–H groups in total. The van der Waals surface area contributed by atoms with Crippen LogP contribution in [0.5, 0.6) is 5.75 Å². The van der Waals surface area contributed by atoms with Crippen molar-refractivity contribution in [1.82, 2.24) is 5.17 Å². The maximum absolute atomic E-state index is 13.5. The van der Waals surface area contributed by atoms with Crippen molar-refractivity contribution in [2.75, 3.05) is 12.0 Å². The topological polar surface area (TPSA) is 93.0 Å². The molecule has 6 nitrogen and oxygen atoms in total. The first-order valence-corrected chi connectivity index (χ1v) is 12.1. The summed E-state index contributed by atoms with van der Waals surface area (Å²) in [6.07, 6.45) is 11.9. The second kappa shape index (κ2) is 11.6. The standard InChI is InChI=1S/C28H38N2O4/c1-18(2)8-5-9-19(3)10-6-11-20(4)14-15-21-16-25(32)23-17-30(34)29-27-22(26(23)28(21)33)12-7-13-24(27)31/h7-8,10,12-14,16,23,25-26,29,31-32,34H,5-6,9,11,15,17H2,1-4H3. The Morgan fingerprint density at radius 1 is 1.09 bits per heavy atom. The monoisotopic (exact) mass is 466 g/mol. The maximum atomic E-state index is 13.5. The lowest BCUT2D eigenvalue weighted by molar-refractivity contribution is -0.123. The molecule has 1 aromatic carbocycles. The average Bonchev–Trinajstić information content (AvgIpc) is 2.92. The minimum absolute atomic E-state index is 0.0458. The molecule has 0 aromatic heterocycles. The van der Waals surface area contributed by atoms with E-state index in [4.69, 9.17) is 0 Å². The highest BCUT2D eigenvalue weighted by atomic mass is 16.5. The summed E-state index contributed by atoms with van der Waals surface area (Å²) in [5, 5.41) is 32.1. The van der Waals surface area contributed by atoms with Crippen LogP contribution in [0.4, 0.5) is 5.69 Å². The largest absolute Gasteiger partial charge is 0.506 e. The van der Waals surface area contributed by atoms with Gasteiger partial charge in [-0.2, -0.15) is 0 Å². The molecule has 2 aliphatic rings. The van der Waals surface area contributed by atoms with Crippen molar-refractivity contribution in [3.05, 3.63) is 70.4 Å². The number of rotatable bonds is 8. The number of fused-ring (bicyclic) bond motifs is 3. The van der Waals surface area contributed by atoms with Gasteiger partial charge in [0, 0.05) is 5.92 Å². The molecule has 0 spiro atoms. The van der Waals surface area contributed by atoms with E-state index in [9.17, 15) is 20.2 Å². The van der Waals surface area contributed by atoms with Gasteiger partial charge in [-0.1, -0.05) is 47.1 Å². The van der Waals surface area contributed by atoms with Crippen LogP contribution >= 0.6 is 0 Å². The molecule has 6 heteroatoms. The lowest BCUT2D eigenvalue weighted by atomic mass is 9.72. The van der Waals surface area contributed by atoms with Crippen LogP contribution in [0.2, 0.25) is 0 Å². The van der Waals surface area contributed by atoms with Gasteiger partial charge in [-0.3, -0.25) is 15.4 Å². The number of phenols is 1. The number of benzene rings is 1. The Bertz CT molecular complexity index is 1020. The minimum Gasteiger partial charge on any atom is -0.506 e. The van der Waals surface area contributed by atoms with E-state index < -0.39 is 17.9 Å². The Balaban J connectivity index is 1.68. The first-order valence-electron chi connectivity index (χ1n) is 12.1. The normalized spacial score (nSPS) is 23.4. The molecule has 1 aromatic rings. The Labute approximate surface area is 202 Å². The van der Waals surface area contributed by atoms with Crippen molar-refractivity contribution in [3.8, 4) is 5.75 Å². The fourth-order valence-corrected chi connectivity index (χ4v) is 4.69. The van der Waals surface area contributed by atoms with Crippen LogP contribution in [0.15, 0.2) is 64.8 Å². The van der Waals surface area contributed by atoms with E-state index in [0.29, 0.717) is 23.2 Å². The zero-order chi connectivity index (χ0) is 24.8. The van der Waals surface area contributed by atoms with Gasteiger partial charge < -0.3 is 10.2 Å². The average molecular weight is 467 g/mol. The van der Waals surface area contributed by atoms with E-state index >= 15 is 0 Å². The van der Waals surface area contributed by atoms with Gasteiger partial charge in [0.15, 0.2) is 5.78 Å². The number of aliphatic hydroxyl groups excluding tert-OH is 1. The van der Waals surface area contributed by atoms with Gasteiger partial charge in [-0.05, 0) is 83.1 Å². The SMILES string of the molecule is CC(C)=CCCC(C)=CCCC(C)=CCC1=CC(O)C2CN(O)Nc3c(O)cccc3C2C1=O. The van der Waals surface area contributed by atoms with Crippen LogP contribution in [0.1, 0.15) is 71.3 Å². The molecule has 0 radical (unpaired) electrons. The van der Waals surface area contributed by atoms with Gasteiger partial charge in [-0.15, -0.1) is 5.17 Å². The molecule has 34 heavy (non-hydrogen) atoms. The molecule has 0 saturated heterocycles. The number of phenolic OH excluding ortho intramolecular Hbond substituents is 1. The molecular weight excluding hydrogens is 428 g/mol. The third-order valence-corrected chi connectivity index (χ3v) is 6.67. The lowest BCUT2D eigenvalue weighted by Gasteiger charge is -2.33. The first kappa shape index (κ1) is 25.9. The number of aromatic hydroxyl groups is 1. The fraction of sp³-hybridized carbons (Fsp3) is 0.464. The summed E-state index contributed by atoms with van der Waals surface area (Å²) in [4.78, 5) is 13.5. The molecule has 3 atom stereocenters. The number of para-hydroxylation sites is 1. The molecule has 1 heterocycles. The predicted molar refractivity (Wildman–Crippen MR) is 136 cm³/mol. The molecule has 0 bridgehead atoms. The molecular formula is C28H38N2O4. The van der Waals surface area contributed by atoms with Crippen molar-refractivity contribution in [1.29, 1.82) is 0 Å². The number of nitrogens with zero attached hydrogens (tertiary/aromatic N) is 1. The maximum Gasteiger partial charge on any atom is 0.166 e. The van der Waals surface area contributed by atoms with Crippen molar-refractivity contribution in [2.45, 2.75) is 71.8 Å². The van der Waals surface area contributed by atoms with Crippen LogP contribution in [0.25, 0.3) is 0 Å². The first-order chi connectivity index (χ1) is 16.2. The number of aliphatic hydroxyl groups is 1. The zero-order valence-electron chi connectivity index (χ0n) is 20.7. The Morgan fingerprint density at radius 2 is 1.76 bits per heavy atom. The van der Waals surface area contributed by atoms with Crippen molar-refractivity contribution in [2.24, 2.45) is 5.92 Å². The number of carbonyl (C=O) groups is 1. The second-order valence-electron chi connectivity index (χ2n) is 9.79. The Morgan fingerprint density at radius 3 is 2.47 bits per heavy atom. The molecule has 3 unspecified atom stereocenters. The highest BCUT2D eigenvalue weighted by molar-refractivity contribution is 6.03. The summed E-state index contributed by atoms with van der Waals surface area (Å²) in [6, 6.07) is 4.95. The number of allylic oxidation sites excluding steroid dienone is 7. The third-order valence-electron chi connectivity index (χ3n) is 6.67. The number of ketones is 1. The quantitative estimate of drug-likeness (QED) is 0.286. The van der Waals surface area contributed by atoms with Crippen LogP contribution in [0, 0.1) is 5.92 Å². The molecule has 0 fully saturated rings. The summed E-state index contributed by atoms with van der Waals surface area (Å²) >= 11 is 0. The summed E-state index contributed by atoms with van der Waals surface area (Å²) in [7, 11) is 0. The molecule has 1 aliphatic carbocycles.